The molecule has 1 aliphatic rings. The van der Waals surface area contributed by atoms with E-state index in [-0.39, 0.29) is 5.91 Å². The van der Waals surface area contributed by atoms with Crippen LogP contribution in [-0.4, -0.2) is 44.1 Å². The second-order valence-corrected chi connectivity index (χ2v) is 6.91. The minimum Gasteiger partial charge on any atom is -0.446 e. The monoisotopic (exact) mass is 393 g/mol. The van der Waals surface area contributed by atoms with E-state index in [2.05, 4.69) is 35.3 Å². The molecule has 1 aliphatic heterocycles. The lowest BCUT2D eigenvalue weighted by molar-refractivity contribution is 0.0943. The van der Waals surface area contributed by atoms with Gasteiger partial charge in [0.1, 0.15) is 29.3 Å². The van der Waals surface area contributed by atoms with Crippen LogP contribution in [0.4, 0.5) is 5.82 Å². The Hall–Kier alpha value is -3.69. The van der Waals surface area contributed by atoms with E-state index in [0.29, 0.717) is 37.5 Å². The lowest BCUT2D eigenvalue weighted by Crippen LogP contribution is -2.33. The first-order chi connectivity index (χ1) is 14.2. The maximum atomic E-state index is 12.7. The predicted molar refractivity (Wildman–Crippen MR) is 102 cm³/mol. The number of carbonyl (C=O) groups excluding carboxylic acids is 1. The third kappa shape index (κ3) is 3.22. The summed E-state index contributed by atoms with van der Waals surface area (Å²) in [5.41, 5.74) is 1.89. The molecule has 10 nitrogen and oxygen atoms in total. The molecule has 5 heterocycles. The molecule has 0 bridgehead atoms. The number of amides is 1. The van der Waals surface area contributed by atoms with E-state index in [1.54, 1.807) is 6.20 Å². The molecule has 29 heavy (non-hydrogen) atoms. The Balaban J connectivity index is 1.31. The molecule has 0 fully saturated rings. The number of aromatic amines is 1. The molecule has 0 saturated carbocycles. The summed E-state index contributed by atoms with van der Waals surface area (Å²) in [6.07, 6.45) is 6.20. The zero-order valence-corrected chi connectivity index (χ0v) is 15.8. The van der Waals surface area contributed by atoms with E-state index in [1.165, 1.54) is 6.33 Å². The van der Waals surface area contributed by atoms with Crippen molar-refractivity contribution in [1.29, 1.82) is 0 Å². The first-order valence-electron chi connectivity index (χ1n) is 9.39. The largest absolute Gasteiger partial charge is 0.446 e. The highest BCUT2D eigenvalue weighted by Crippen LogP contribution is 2.29. The summed E-state index contributed by atoms with van der Waals surface area (Å²) < 4.78 is 10.8. The van der Waals surface area contributed by atoms with Crippen molar-refractivity contribution < 1.29 is 13.7 Å². The third-order valence-electron chi connectivity index (χ3n) is 4.97. The predicted octanol–water partition coefficient (Wildman–Crippen LogP) is 1.78. The fraction of sp³-hybridized carbons (Fsp3) is 0.316. The van der Waals surface area contributed by atoms with E-state index in [1.807, 2.05) is 19.2 Å². The summed E-state index contributed by atoms with van der Waals surface area (Å²) in [5, 5.41) is 7.82. The van der Waals surface area contributed by atoms with Crippen LogP contribution in [0.25, 0.3) is 11.0 Å². The average molecular weight is 393 g/mol. The second-order valence-electron chi connectivity index (χ2n) is 6.91. The Bertz CT molecular complexity index is 1180. The van der Waals surface area contributed by atoms with Gasteiger partial charge in [-0.05, 0) is 13.0 Å². The van der Waals surface area contributed by atoms with Crippen molar-refractivity contribution in [3.05, 3.63) is 53.5 Å². The summed E-state index contributed by atoms with van der Waals surface area (Å²) in [7, 11) is 0. The van der Waals surface area contributed by atoms with Crippen LogP contribution in [0, 0.1) is 6.92 Å². The number of nitrogens with one attached hydrogen (secondary N) is 2. The van der Waals surface area contributed by atoms with Crippen molar-refractivity contribution in [3.8, 4) is 0 Å². The van der Waals surface area contributed by atoms with Crippen LogP contribution in [0.3, 0.4) is 0 Å². The molecule has 4 aromatic heterocycles. The lowest BCUT2D eigenvalue weighted by atomic mass is 10.1. The van der Waals surface area contributed by atoms with Crippen molar-refractivity contribution in [3.63, 3.8) is 0 Å². The number of hydrogen-bond donors (Lipinski definition) is 2. The third-order valence-corrected chi connectivity index (χ3v) is 4.97. The van der Waals surface area contributed by atoms with Gasteiger partial charge in [0, 0.05) is 37.7 Å². The van der Waals surface area contributed by atoms with E-state index in [9.17, 15) is 4.79 Å². The lowest BCUT2D eigenvalue weighted by Gasteiger charge is -2.27. The van der Waals surface area contributed by atoms with Gasteiger partial charge in [-0.2, -0.15) is 0 Å². The summed E-state index contributed by atoms with van der Waals surface area (Å²) in [4.78, 5) is 30.7. The van der Waals surface area contributed by atoms with Gasteiger partial charge in [0.2, 0.25) is 0 Å². The van der Waals surface area contributed by atoms with Crippen LogP contribution in [0.1, 0.15) is 33.5 Å². The second kappa shape index (κ2) is 7.04. The Morgan fingerprint density at radius 2 is 2.28 bits per heavy atom. The number of hydrogen-bond acceptors (Lipinski definition) is 8. The van der Waals surface area contributed by atoms with Crippen LogP contribution in [-0.2, 0) is 19.4 Å². The Labute approximate surface area is 165 Å². The number of anilines is 1. The van der Waals surface area contributed by atoms with Crippen LogP contribution in [0.5, 0.6) is 0 Å². The van der Waals surface area contributed by atoms with Gasteiger partial charge in [0.05, 0.1) is 18.1 Å². The van der Waals surface area contributed by atoms with Gasteiger partial charge in [0.15, 0.2) is 11.6 Å². The smallest absolute Gasteiger partial charge is 0.273 e. The quantitative estimate of drug-likeness (QED) is 0.525. The Morgan fingerprint density at radius 1 is 1.34 bits per heavy atom. The highest BCUT2D eigenvalue weighted by atomic mass is 16.5. The Kier molecular flexibility index (Phi) is 4.23. The maximum absolute atomic E-state index is 12.7. The number of rotatable bonds is 5. The minimum absolute atomic E-state index is 0.269. The van der Waals surface area contributed by atoms with Crippen LogP contribution in [0.15, 0.2) is 33.7 Å². The van der Waals surface area contributed by atoms with E-state index < -0.39 is 0 Å². The molecule has 2 N–H and O–H groups in total. The van der Waals surface area contributed by atoms with E-state index >= 15 is 0 Å². The molecule has 148 valence electrons. The molecule has 0 spiro atoms. The van der Waals surface area contributed by atoms with Gasteiger partial charge < -0.3 is 24.1 Å². The minimum atomic E-state index is -0.269. The van der Waals surface area contributed by atoms with Crippen LogP contribution >= 0.6 is 0 Å². The average Bonchev–Trinajstić information content (AvgIpc) is 3.46. The highest BCUT2D eigenvalue weighted by molar-refractivity contribution is 5.94. The number of carbonyl (C=O) groups is 1. The number of aromatic nitrogens is 5. The molecule has 5 rings (SSSR count). The first-order valence-corrected chi connectivity index (χ1v) is 9.39. The zero-order chi connectivity index (χ0) is 19.8. The number of aryl methyl sites for hydroxylation is 1. The van der Waals surface area contributed by atoms with Crippen molar-refractivity contribution >= 4 is 22.8 Å². The summed E-state index contributed by atoms with van der Waals surface area (Å²) in [6, 6.07) is 1.95. The zero-order valence-electron chi connectivity index (χ0n) is 15.8. The molecule has 0 aromatic carbocycles. The van der Waals surface area contributed by atoms with Gasteiger partial charge in [-0.25, -0.2) is 15.0 Å². The fourth-order valence-electron chi connectivity index (χ4n) is 3.56. The highest BCUT2D eigenvalue weighted by Gasteiger charge is 2.29. The Morgan fingerprint density at radius 3 is 3.14 bits per heavy atom. The number of nitrogens with zero attached hydrogens (tertiary/aromatic N) is 5. The summed E-state index contributed by atoms with van der Waals surface area (Å²) in [6.45, 7) is 3.46. The maximum Gasteiger partial charge on any atom is 0.273 e. The molecular weight excluding hydrogens is 374 g/mol. The van der Waals surface area contributed by atoms with E-state index in [4.69, 9.17) is 8.94 Å². The number of H-pyrrole nitrogens is 1. The molecule has 0 unspecified atom stereocenters. The molecule has 1 amide bonds. The van der Waals surface area contributed by atoms with Gasteiger partial charge in [-0.15, -0.1) is 0 Å². The first kappa shape index (κ1) is 17.4. The SMILES string of the molecule is Cc1cnc(CCNC(=O)c2noc3c2CN(c2ncnc4[nH]ccc24)CC3)o1. The molecule has 10 heteroatoms. The topological polar surface area (TPSA) is 126 Å². The molecule has 0 saturated heterocycles. The number of fused-ring (bicyclic) bond motifs is 2. The van der Waals surface area contributed by atoms with Gasteiger partial charge >= 0.3 is 0 Å². The van der Waals surface area contributed by atoms with E-state index in [0.717, 1.165) is 40.5 Å². The molecule has 0 radical (unpaired) electrons. The van der Waals surface area contributed by atoms with Crippen molar-refractivity contribution in [1.82, 2.24) is 30.4 Å². The van der Waals surface area contributed by atoms with Crippen molar-refractivity contribution in [2.75, 3.05) is 18.0 Å². The molecule has 0 atom stereocenters. The number of oxazole rings is 1. The summed E-state index contributed by atoms with van der Waals surface area (Å²) in [5.74, 6) is 2.64. The van der Waals surface area contributed by atoms with Crippen molar-refractivity contribution in [2.24, 2.45) is 0 Å². The molecular formula is C19H19N7O3. The molecule has 0 aliphatic carbocycles. The molecule has 4 aromatic rings. The summed E-state index contributed by atoms with van der Waals surface area (Å²) >= 11 is 0. The van der Waals surface area contributed by atoms with Crippen LogP contribution < -0.4 is 10.2 Å². The fourth-order valence-corrected chi connectivity index (χ4v) is 3.56. The standard InChI is InChI=1S/C19H19N7O3/c1-11-8-22-15(28-11)3-6-21-19(27)16-13-9-26(7-4-14(13)29-25-16)18-12-2-5-20-17(12)23-10-24-18/h2,5,8,10H,3-4,6-7,9H2,1H3,(H,21,27)(H,20,23,24). The van der Waals surface area contributed by atoms with Crippen molar-refractivity contribution in [2.45, 2.75) is 26.3 Å². The van der Waals surface area contributed by atoms with Gasteiger partial charge in [-0.1, -0.05) is 5.16 Å². The van der Waals surface area contributed by atoms with Crippen LogP contribution in [0.2, 0.25) is 0 Å². The normalized spacial score (nSPS) is 13.6. The van der Waals surface area contributed by atoms with Gasteiger partial charge in [0.25, 0.3) is 5.91 Å². The van der Waals surface area contributed by atoms with Gasteiger partial charge in [-0.3, -0.25) is 4.79 Å².